The third kappa shape index (κ3) is 5.45. The van der Waals surface area contributed by atoms with Crippen LogP contribution in [0.3, 0.4) is 0 Å². The van der Waals surface area contributed by atoms with E-state index in [-0.39, 0.29) is 6.03 Å². The molecule has 0 radical (unpaired) electrons. The summed E-state index contributed by atoms with van der Waals surface area (Å²) in [6.45, 7) is 5.91. The molecule has 8 nitrogen and oxygen atoms in total. The van der Waals surface area contributed by atoms with E-state index in [1.807, 2.05) is 19.1 Å². The molecule has 27 heavy (non-hydrogen) atoms. The number of anilines is 3. The van der Waals surface area contributed by atoms with Crippen molar-refractivity contribution >= 4 is 35.0 Å². The van der Waals surface area contributed by atoms with E-state index in [4.69, 9.17) is 16.3 Å². The van der Waals surface area contributed by atoms with Crippen molar-refractivity contribution in [1.82, 2.24) is 15.3 Å². The molecule has 2 heterocycles. The molecule has 1 fully saturated rings. The van der Waals surface area contributed by atoms with E-state index in [2.05, 4.69) is 30.8 Å². The molecule has 0 atom stereocenters. The number of carbonyl (C=O) groups is 1. The van der Waals surface area contributed by atoms with E-state index in [0.29, 0.717) is 37.0 Å². The van der Waals surface area contributed by atoms with Crippen molar-refractivity contribution in [2.45, 2.75) is 6.92 Å². The van der Waals surface area contributed by atoms with Crippen LogP contribution in [0, 0.1) is 6.92 Å². The molecule has 1 aliphatic rings. The highest BCUT2D eigenvalue weighted by molar-refractivity contribution is 6.31. The Labute approximate surface area is 163 Å². The normalized spacial score (nSPS) is 13.9. The first-order valence-electron chi connectivity index (χ1n) is 8.82. The lowest BCUT2D eigenvalue weighted by Gasteiger charge is -2.27. The van der Waals surface area contributed by atoms with Crippen LogP contribution < -0.4 is 20.9 Å². The van der Waals surface area contributed by atoms with Gasteiger partial charge in [-0.1, -0.05) is 17.7 Å². The summed E-state index contributed by atoms with van der Waals surface area (Å²) in [5, 5.41) is 9.41. The van der Waals surface area contributed by atoms with E-state index in [9.17, 15) is 4.79 Å². The van der Waals surface area contributed by atoms with Gasteiger partial charge in [0, 0.05) is 43.0 Å². The molecule has 2 amide bonds. The number of ether oxygens (including phenoxy) is 1. The monoisotopic (exact) mass is 390 g/mol. The number of halogens is 1. The van der Waals surface area contributed by atoms with Crippen LogP contribution in [0.4, 0.5) is 22.1 Å². The number of urea groups is 1. The Morgan fingerprint density at radius 3 is 2.89 bits per heavy atom. The number of benzene rings is 1. The smallest absolute Gasteiger partial charge is 0.319 e. The Kier molecular flexibility index (Phi) is 6.67. The zero-order valence-electron chi connectivity index (χ0n) is 15.2. The zero-order valence-corrected chi connectivity index (χ0v) is 15.9. The van der Waals surface area contributed by atoms with Crippen LogP contribution in [0.5, 0.6) is 0 Å². The molecule has 0 unspecified atom stereocenters. The van der Waals surface area contributed by atoms with Gasteiger partial charge in [-0.3, -0.25) is 0 Å². The van der Waals surface area contributed by atoms with Crippen LogP contribution in [0.25, 0.3) is 0 Å². The SMILES string of the molecule is Cc1c(Cl)cccc1NC(=O)NCCNc1cc(N2CCOCC2)ncn1. The van der Waals surface area contributed by atoms with Gasteiger partial charge in [-0.15, -0.1) is 0 Å². The first kappa shape index (κ1) is 19.2. The minimum atomic E-state index is -0.279. The predicted molar refractivity (Wildman–Crippen MR) is 107 cm³/mol. The average Bonchev–Trinajstić information content (AvgIpc) is 2.70. The summed E-state index contributed by atoms with van der Waals surface area (Å²) < 4.78 is 5.36. The number of hydrogen-bond donors (Lipinski definition) is 3. The van der Waals surface area contributed by atoms with E-state index < -0.39 is 0 Å². The quantitative estimate of drug-likeness (QED) is 0.656. The number of hydrogen-bond acceptors (Lipinski definition) is 6. The van der Waals surface area contributed by atoms with Gasteiger partial charge in [-0.2, -0.15) is 0 Å². The lowest BCUT2D eigenvalue weighted by molar-refractivity contribution is 0.122. The molecule has 1 saturated heterocycles. The van der Waals surface area contributed by atoms with Gasteiger partial charge >= 0.3 is 6.03 Å². The van der Waals surface area contributed by atoms with Gasteiger partial charge in [0.05, 0.1) is 13.2 Å². The highest BCUT2D eigenvalue weighted by atomic mass is 35.5. The number of nitrogens with zero attached hydrogens (tertiary/aromatic N) is 3. The van der Waals surface area contributed by atoms with Crippen LogP contribution in [0.15, 0.2) is 30.6 Å². The number of morpholine rings is 1. The Balaban J connectivity index is 1.43. The largest absolute Gasteiger partial charge is 0.378 e. The minimum absolute atomic E-state index is 0.279. The first-order valence-corrected chi connectivity index (χ1v) is 9.20. The lowest BCUT2D eigenvalue weighted by atomic mass is 10.2. The van der Waals surface area contributed by atoms with Crippen molar-refractivity contribution in [3.8, 4) is 0 Å². The van der Waals surface area contributed by atoms with E-state index in [0.717, 1.165) is 30.3 Å². The van der Waals surface area contributed by atoms with Crippen molar-refractivity contribution in [2.24, 2.45) is 0 Å². The van der Waals surface area contributed by atoms with Crippen LogP contribution in [-0.4, -0.2) is 55.4 Å². The molecule has 1 aliphatic heterocycles. The van der Waals surface area contributed by atoms with Gasteiger partial charge in [-0.05, 0) is 24.6 Å². The topological polar surface area (TPSA) is 91.4 Å². The molecule has 1 aromatic heterocycles. The molecule has 2 aromatic rings. The van der Waals surface area contributed by atoms with E-state index >= 15 is 0 Å². The van der Waals surface area contributed by atoms with Gasteiger partial charge in [-0.25, -0.2) is 14.8 Å². The molecular formula is C18H23ClN6O2. The van der Waals surface area contributed by atoms with Crippen LogP contribution in [0.1, 0.15) is 5.56 Å². The lowest BCUT2D eigenvalue weighted by Crippen LogP contribution is -2.36. The molecule has 0 saturated carbocycles. The standard InChI is InChI=1S/C18H23ClN6O2/c1-13-14(19)3-2-4-15(13)24-18(26)21-6-5-20-16-11-17(23-12-22-16)25-7-9-27-10-8-25/h2-4,11-12H,5-10H2,1H3,(H,20,22,23)(H2,21,24,26). The number of amides is 2. The zero-order chi connectivity index (χ0) is 19.1. The summed E-state index contributed by atoms with van der Waals surface area (Å²) in [6, 6.07) is 7.02. The number of aromatic nitrogens is 2. The highest BCUT2D eigenvalue weighted by Gasteiger charge is 2.13. The van der Waals surface area contributed by atoms with Gasteiger partial charge in [0.1, 0.15) is 18.0 Å². The highest BCUT2D eigenvalue weighted by Crippen LogP contribution is 2.22. The maximum Gasteiger partial charge on any atom is 0.319 e. The summed E-state index contributed by atoms with van der Waals surface area (Å²) in [6.07, 6.45) is 1.54. The second-order valence-corrected chi connectivity index (χ2v) is 6.49. The first-order chi connectivity index (χ1) is 13.1. The van der Waals surface area contributed by atoms with Crippen molar-refractivity contribution in [1.29, 1.82) is 0 Å². The molecule has 0 spiro atoms. The van der Waals surface area contributed by atoms with E-state index in [1.54, 1.807) is 12.1 Å². The van der Waals surface area contributed by atoms with Gasteiger partial charge in [0.2, 0.25) is 0 Å². The summed E-state index contributed by atoms with van der Waals surface area (Å²) in [5.41, 5.74) is 1.53. The Morgan fingerprint density at radius 1 is 1.26 bits per heavy atom. The van der Waals surface area contributed by atoms with E-state index in [1.165, 1.54) is 6.33 Å². The summed E-state index contributed by atoms with van der Waals surface area (Å²) in [7, 11) is 0. The van der Waals surface area contributed by atoms with Gasteiger partial charge in [0.25, 0.3) is 0 Å². The summed E-state index contributed by atoms with van der Waals surface area (Å²) in [4.78, 5) is 22.7. The molecule has 9 heteroatoms. The molecule has 1 aromatic carbocycles. The van der Waals surface area contributed by atoms with Gasteiger partial charge in [0.15, 0.2) is 0 Å². The Morgan fingerprint density at radius 2 is 2.07 bits per heavy atom. The minimum Gasteiger partial charge on any atom is -0.378 e. The fraction of sp³-hybridized carbons (Fsp3) is 0.389. The second-order valence-electron chi connectivity index (χ2n) is 6.08. The second kappa shape index (κ2) is 9.38. The molecule has 3 N–H and O–H groups in total. The average molecular weight is 391 g/mol. The van der Waals surface area contributed by atoms with Gasteiger partial charge < -0.3 is 25.6 Å². The molecule has 0 aliphatic carbocycles. The predicted octanol–water partition coefficient (Wildman–Crippen LogP) is 2.51. The fourth-order valence-electron chi connectivity index (χ4n) is 2.69. The van der Waals surface area contributed by atoms with Crippen molar-refractivity contribution in [3.05, 3.63) is 41.2 Å². The summed E-state index contributed by atoms with van der Waals surface area (Å²) >= 11 is 6.06. The third-order valence-electron chi connectivity index (χ3n) is 4.22. The van der Waals surface area contributed by atoms with Crippen LogP contribution in [0.2, 0.25) is 5.02 Å². The van der Waals surface area contributed by atoms with Crippen LogP contribution >= 0.6 is 11.6 Å². The maximum atomic E-state index is 12.0. The van der Waals surface area contributed by atoms with Crippen molar-refractivity contribution in [2.75, 3.05) is 54.9 Å². The molecular weight excluding hydrogens is 368 g/mol. The Bertz CT molecular complexity index is 782. The molecule has 3 rings (SSSR count). The Hall–Kier alpha value is -2.58. The van der Waals surface area contributed by atoms with Crippen molar-refractivity contribution in [3.63, 3.8) is 0 Å². The number of carbonyl (C=O) groups excluding carboxylic acids is 1. The van der Waals surface area contributed by atoms with Crippen LogP contribution in [-0.2, 0) is 4.74 Å². The third-order valence-corrected chi connectivity index (χ3v) is 4.63. The summed E-state index contributed by atoms with van der Waals surface area (Å²) in [5.74, 6) is 1.59. The van der Waals surface area contributed by atoms with Crippen molar-refractivity contribution < 1.29 is 9.53 Å². The fourth-order valence-corrected chi connectivity index (χ4v) is 2.86. The number of rotatable bonds is 6. The molecule has 144 valence electrons. The molecule has 0 bridgehead atoms. The number of nitrogens with one attached hydrogen (secondary N) is 3. The maximum absolute atomic E-state index is 12.0.